The maximum atomic E-state index is 12.7. The molecule has 1 aliphatic heterocycles. The highest BCUT2D eigenvalue weighted by molar-refractivity contribution is 6.33. The number of aromatic nitrogens is 1. The summed E-state index contributed by atoms with van der Waals surface area (Å²) in [5.41, 5.74) is 1.26. The molecule has 1 fully saturated rings. The Hall–Kier alpha value is -2.44. The van der Waals surface area contributed by atoms with E-state index in [1.165, 1.54) is 12.4 Å². The van der Waals surface area contributed by atoms with Crippen LogP contribution in [0.5, 0.6) is 0 Å². The first-order valence-electron chi connectivity index (χ1n) is 8.61. The molecule has 0 spiro atoms. The number of piperazine rings is 1. The first-order valence-corrected chi connectivity index (χ1v) is 8.99. The molecule has 136 valence electrons. The van der Waals surface area contributed by atoms with Crippen LogP contribution in [0.2, 0.25) is 5.02 Å². The van der Waals surface area contributed by atoms with E-state index in [0.717, 1.165) is 19.6 Å². The average molecular weight is 373 g/mol. The zero-order valence-electron chi connectivity index (χ0n) is 14.6. The van der Waals surface area contributed by atoms with Gasteiger partial charge in [-0.15, -0.1) is 0 Å². The van der Waals surface area contributed by atoms with Crippen molar-refractivity contribution in [3.05, 3.63) is 58.9 Å². The third kappa shape index (κ3) is 4.20. The number of nitrogens with zero attached hydrogens (tertiary/aromatic N) is 3. The largest absolute Gasteiger partial charge is 0.336 e. The van der Waals surface area contributed by atoms with E-state index >= 15 is 0 Å². The molecule has 6 nitrogen and oxygen atoms in total. The topological polar surface area (TPSA) is 65.5 Å². The van der Waals surface area contributed by atoms with Crippen LogP contribution in [-0.4, -0.2) is 59.3 Å². The Balaban J connectivity index is 1.71. The second-order valence-electron chi connectivity index (χ2n) is 6.12. The third-order valence-electron chi connectivity index (χ3n) is 4.48. The fourth-order valence-electron chi connectivity index (χ4n) is 2.89. The van der Waals surface area contributed by atoms with Crippen LogP contribution >= 0.6 is 11.6 Å². The van der Waals surface area contributed by atoms with Gasteiger partial charge in [-0.2, -0.15) is 0 Å². The Bertz CT molecular complexity index is 804. The number of hydrogen-bond acceptors (Lipinski definition) is 4. The molecule has 1 N–H and O–H groups in total. The van der Waals surface area contributed by atoms with Crippen molar-refractivity contribution in [2.75, 3.05) is 38.0 Å². The summed E-state index contributed by atoms with van der Waals surface area (Å²) < 4.78 is 0. The number of carbonyl (C=O) groups is 2. The maximum absolute atomic E-state index is 12.7. The minimum Gasteiger partial charge on any atom is -0.336 e. The van der Waals surface area contributed by atoms with Gasteiger partial charge in [0, 0.05) is 38.6 Å². The molecular formula is C19H21ClN4O2. The number of carbonyl (C=O) groups excluding carboxylic acids is 2. The number of rotatable bonds is 4. The molecule has 1 saturated heterocycles. The zero-order valence-corrected chi connectivity index (χ0v) is 15.4. The molecule has 0 radical (unpaired) electrons. The Kier molecular flexibility index (Phi) is 5.85. The van der Waals surface area contributed by atoms with Crippen molar-refractivity contribution in [3.63, 3.8) is 0 Å². The van der Waals surface area contributed by atoms with Crippen molar-refractivity contribution in [1.29, 1.82) is 0 Å². The highest BCUT2D eigenvalue weighted by Gasteiger charge is 2.22. The van der Waals surface area contributed by atoms with Crippen molar-refractivity contribution in [2.24, 2.45) is 0 Å². The van der Waals surface area contributed by atoms with E-state index < -0.39 is 0 Å². The Labute approximate surface area is 157 Å². The standard InChI is InChI=1S/C19H21ClN4O2/c1-2-23-7-9-24(10-8-23)19(26)15-11-14(12-21-13-15)18(25)22-17-6-4-3-5-16(17)20/h3-6,11-13H,2,7-10H2,1H3,(H,22,25). The molecule has 2 amide bonds. The number of likely N-dealkylation sites (N-methyl/N-ethyl adjacent to an activating group) is 1. The number of pyridine rings is 1. The number of halogens is 1. The van der Waals surface area contributed by atoms with E-state index in [9.17, 15) is 9.59 Å². The van der Waals surface area contributed by atoms with Crippen LogP contribution in [0.3, 0.4) is 0 Å². The van der Waals surface area contributed by atoms with Crippen molar-refractivity contribution in [3.8, 4) is 0 Å². The SMILES string of the molecule is CCN1CCN(C(=O)c2cncc(C(=O)Nc3ccccc3Cl)c2)CC1. The molecule has 2 heterocycles. The van der Waals surface area contributed by atoms with Crippen molar-refractivity contribution in [1.82, 2.24) is 14.8 Å². The number of anilines is 1. The third-order valence-corrected chi connectivity index (χ3v) is 4.81. The van der Waals surface area contributed by atoms with Crippen LogP contribution in [0, 0.1) is 0 Å². The van der Waals surface area contributed by atoms with Crippen LogP contribution in [0.15, 0.2) is 42.7 Å². The first-order chi connectivity index (χ1) is 12.6. The summed E-state index contributed by atoms with van der Waals surface area (Å²) in [5.74, 6) is -0.448. The lowest BCUT2D eigenvalue weighted by atomic mass is 10.1. The predicted octanol–water partition coefficient (Wildman–Crippen LogP) is 2.77. The molecule has 1 aromatic carbocycles. The van der Waals surface area contributed by atoms with Gasteiger partial charge in [-0.1, -0.05) is 30.7 Å². The molecule has 0 unspecified atom stereocenters. The average Bonchev–Trinajstić information content (AvgIpc) is 2.69. The summed E-state index contributed by atoms with van der Waals surface area (Å²) >= 11 is 6.07. The van der Waals surface area contributed by atoms with Gasteiger partial charge in [0.2, 0.25) is 0 Å². The number of hydrogen-bond donors (Lipinski definition) is 1. The predicted molar refractivity (Wildman–Crippen MR) is 102 cm³/mol. The first kappa shape index (κ1) is 18.4. The van der Waals surface area contributed by atoms with Gasteiger partial charge in [0.1, 0.15) is 0 Å². The maximum Gasteiger partial charge on any atom is 0.257 e. The van der Waals surface area contributed by atoms with Gasteiger partial charge in [-0.3, -0.25) is 14.6 Å². The molecule has 0 saturated carbocycles. The minimum absolute atomic E-state index is 0.0966. The van der Waals surface area contributed by atoms with Gasteiger partial charge < -0.3 is 15.1 Å². The fourth-order valence-corrected chi connectivity index (χ4v) is 3.07. The molecule has 3 rings (SSSR count). The van der Waals surface area contributed by atoms with Gasteiger partial charge in [0.15, 0.2) is 0 Å². The zero-order chi connectivity index (χ0) is 18.5. The number of para-hydroxylation sites is 1. The Morgan fingerprint density at radius 1 is 1.12 bits per heavy atom. The molecule has 0 aliphatic carbocycles. The van der Waals surface area contributed by atoms with Crippen LogP contribution in [0.1, 0.15) is 27.6 Å². The fraction of sp³-hybridized carbons (Fsp3) is 0.316. The number of benzene rings is 1. The minimum atomic E-state index is -0.351. The van der Waals surface area contributed by atoms with E-state index in [-0.39, 0.29) is 11.8 Å². The highest BCUT2D eigenvalue weighted by Crippen LogP contribution is 2.21. The summed E-state index contributed by atoms with van der Waals surface area (Å²) in [6.45, 7) is 6.19. The van der Waals surface area contributed by atoms with Gasteiger partial charge >= 0.3 is 0 Å². The smallest absolute Gasteiger partial charge is 0.257 e. The van der Waals surface area contributed by atoms with Gasteiger partial charge in [-0.05, 0) is 24.7 Å². The van der Waals surface area contributed by atoms with E-state index in [0.29, 0.717) is 34.9 Å². The lowest BCUT2D eigenvalue weighted by Crippen LogP contribution is -2.48. The van der Waals surface area contributed by atoms with Crippen LogP contribution < -0.4 is 5.32 Å². The van der Waals surface area contributed by atoms with Crippen molar-refractivity contribution < 1.29 is 9.59 Å². The van der Waals surface area contributed by atoms with Crippen LogP contribution in [-0.2, 0) is 0 Å². The van der Waals surface area contributed by atoms with Crippen LogP contribution in [0.25, 0.3) is 0 Å². The molecule has 0 bridgehead atoms. The Morgan fingerprint density at radius 2 is 1.81 bits per heavy atom. The number of amides is 2. The summed E-state index contributed by atoms with van der Waals surface area (Å²) in [6, 6.07) is 8.57. The van der Waals surface area contributed by atoms with Crippen LogP contribution in [0.4, 0.5) is 5.69 Å². The summed E-state index contributed by atoms with van der Waals surface area (Å²) in [4.78, 5) is 33.3. The molecule has 2 aromatic rings. The normalized spacial score (nSPS) is 14.9. The lowest BCUT2D eigenvalue weighted by molar-refractivity contribution is 0.0643. The molecule has 26 heavy (non-hydrogen) atoms. The van der Waals surface area contributed by atoms with E-state index in [1.807, 2.05) is 0 Å². The van der Waals surface area contributed by atoms with Gasteiger partial charge in [0.25, 0.3) is 11.8 Å². The second-order valence-corrected chi connectivity index (χ2v) is 6.53. The molecule has 7 heteroatoms. The van der Waals surface area contributed by atoms with E-state index in [2.05, 4.69) is 22.1 Å². The monoisotopic (exact) mass is 372 g/mol. The molecule has 1 aromatic heterocycles. The molecule has 0 atom stereocenters. The summed E-state index contributed by atoms with van der Waals surface area (Å²) in [7, 11) is 0. The number of nitrogens with one attached hydrogen (secondary N) is 1. The van der Waals surface area contributed by atoms with E-state index in [1.54, 1.807) is 35.2 Å². The van der Waals surface area contributed by atoms with Gasteiger partial charge in [0.05, 0.1) is 21.8 Å². The summed E-state index contributed by atoms with van der Waals surface area (Å²) in [6.07, 6.45) is 2.94. The van der Waals surface area contributed by atoms with E-state index in [4.69, 9.17) is 11.6 Å². The second kappa shape index (κ2) is 8.29. The molecule has 1 aliphatic rings. The Morgan fingerprint density at radius 3 is 2.50 bits per heavy atom. The van der Waals surface area contributed by atoms with Crippen molar-refractivity contribution in [2.45, 2.75) is 6.92 Å². The quantitative estimate of drug-likeness (QED) is 0.896. The van der Waals surface area contributed by atoms with Crippen molar-refractivity contribution >= 4 is 29.1 Å². The van der Waals surface area contributed by atoms with Gasteiger partial charge in [-0.25, -0.2) is 0 Å². The highest BCUT2D eigenvalue weighted by atomic mass is 35.5. The summed E-state index contributed by atoms with van der Waals surface area (Å²) in [5, 5.41) is 3.20. The lowest BCUT2D eigenvalue weighted by Gasteiger charge is -2.34. The molecular weight excluding hydrogens is 352 g/mol.